The van der Waals surface area contributed by atoms with Crippen molar-refractivity contribution in [2.24, 2.45) is 0 Å². The van der Waals surface area contributed by atoms with Gasteiger partial charge in [-0.25, -0.2) is 4.98 Å². The van der Waals surface area contributed by atoms with Crippen molar-refractivity contribution in [1.29, 1.82) is 0 Å². The molecule has 0 unspecified atom stereocenters. The largest absolute Gasteiger partial charge is 0.573 e. The Morgan fingerprint density at radius 3 is 2.38 bits per heavy atom. The van der Waals surface area contributed by atoms with Crippen molar-refractivity contribution in [3.8, 4) is 5.75 Å². The molecule has 4 aromatic rings. The van der Waals surface area contributed by atoms with E-state index in [1.807, 2.05) is 43.3 Å². The van der Waals surface area contributed by atoms with Gasteiger partial charge in [0.1, 0.15) is 22.2 Å². The van der Waals surface area contributed by atoms with Gasteiger partial charge in [0.2, 0.25) is 0 Å². The predicted octanol–water partition coefficient (Wildman–Crippen LogP) is 6.76. The number of nitrogens with zero attached hydrogens (tertiary/aromatic N) is 3. The van der Waals surface area contributed by atoms with Crippen LogP contribution in [0.25, 0.3) is 5.65 Å². The zero-order valence-corrected chi connectivity index (χ0v) is 22.1. The fourth-order valence-corrected chi connectivity index (χ4v) is 5.33. The summed E-state index contributed by atoms with van der Waals surface area (Å²) in [7, 11) is 0. The molecule has 204 valence electrons. The maximum absolute atomic E-state index is 13.1. The Balaban J connectivity index is 1.16. The summed E-state index contributed by atoms with van der Waals surface area (Å²) in [6, 6.07) is 19.7. The van der Waals surface area contributed by atoms with E-state index in [4.69, 9.17) is 11.6 Å². The van der Waals surface area contributed by atoms with E-state index in [0.29, 0.717) is 35.2 Å². The molecular formula is C29H28ClF3N4O2. The zero-order chi connectivity index (χ0) is 27.6. The summed E-state index contributed by atoms with van der Waals surface area (Å²) in [6.45, 7) is 4.01. The molecule has 3 heterocycles. The van der Waals surface area contributed by atoms with Gasteiger partial charge in [0.05, 0.1) is 5.69 Å². The summed E-state index contributed by atoms with van der Waals surface area (Å²) in [5, 5.41) is 3.43. The van der Waals surface area contributed by atoms with Crippen molar-refractivity contribution < 1.29 is 22.7 Å². The molecule has 0 atom stereocenters. The van der Waals surface area contributed by atoms with Crippen LogP contribution < -0.4 is 15.0 Å². The number of halogens is 4. The van der Waals surface area contributed by atoms with Crippen LogP contribution in [0, 0.1) is 0 Å². The average Bonchev–Trinajstić information content (AvgIpc) is 3.32. The topological polar surface area (TPSA) is 58.9 Å². The average molecular weight is 557 g/mol. The molecule has 1 amide bonds. The molecule has 0 spiro atoms. The fourth-order valence-electron chi connectivity index (χ4n) is 5.08. The third kappa shape index (κ3) is 6.14. The van der Waals surface area contributed by atoms with Crippen LogP contribution in [0.4, 0.5) is 18.9 Å². The standard InChI is InChI=1S/C29H28ClF3N4O2/c1-2-24-27(37-25(30)4-3-5-26(37)35-24)28(38)34-18-19-6-10-22(11-7-19)36-16-14-21(15-17-36)20-8-12-23(13-9-20)39-29(31,32)33/h3-13,21H,2,14-18H2,1H3,(H,34,38). The molecular weight excluding hydrogens is 529 g/mol. The maximum Gasteiger partial charge on any atom is 0.573 e. The molecule has 2 aromatic heterocycles. The number of carbonyl (C=O) groups excluding carboxylic acids is 1. The van der Waals surface area contributed by atoms with E-state index < -0.39 is 6.36 Å². The SMILES string of the molecule is CCc1nc2cccc(Cl)n2c1C(=O)NCc1ccc(N2CCC(c3ccc(OC(F)(F)F)cc3)CC2)cc1. The third-order valence-corrected chi connectivity index (χ3v) is 7.35. The number of pyridine rings is 1. The van der Waals surface area contributed by atoms with Gasteiger partial charge in [-0.2, -0.15) is 0 Å². The van der Waals surface area contributed by atoms with Crippen LogP contribution in [0.1, 0.15) is 53.0 Å². The van der Waals surface area contributed by atoms with Crippen molar-refractivity contribution in [3.05, 3.63) is 94.4 Å². The van der Waals surface area contributed by atoms with Crippen LogP contribution in [0.2, 0.25) is 5.15 Å². The van der Waals surface area contributed by atoms with E-state index in [1.54, 1.807) is 22.6 Å². The Morgan fingerprint density at radius 2 is 1.74 bits per heavy atom. The Labute approximate surface area is 229 Å². The highest BCUT2D eigenvalue weighted by atomic mass is 35.5. The van der Waals surface area contributed by atoms with Crippen molar-refractivity contribution >= 4 is 28.8 Å². The van der Waals surface area contributed by atoms with Crippen LogP contribution >= 0.6 is 11.6 Å². The number of amides is 1. The first-order chi connectivity index (χ1) is 18.7. The van der Waals surface area contributed by atoms with Gasteiger partial charge in [-0.15, -0.1) is 13.2 Å². The van der Waals surface area contributed by atoms with E-state index in [0.717, 1.165) is 42.7 Å². The molecule has 1 N–H and O–H groups in total. The number of alkyl halides is 3. The second kappa shape index (κ2) is 11.2. The molecule has 1 aliphatic rings. The first kappa shape index (κ1) is 26.9. The summed E-state index contributed by atoms with van der Waals surface area (Å²) < 4.78 is 42.8. The fraction of sp³-hybridized carbons (Fsp3) is 0.310. The van der Waals surface area contributed by atoms with Gasteiger partial charge >= 0.3 is 6.36 Å². The molecule has 39 heavy (non-hydrogen) atoms. The first-order valence-electron chi connectivity index (χ1n) is 12.9. The molecule has 0 radical (unpaired) electrons. The van der Waals surface area contributed by atoms with Crippen LogP contribution in [0.5, 0.6) is 5.75 Å². The van der Waals surface area contributed by atoms with Crippen LogP contribution in [0.15, 0.2) is 66.7 Å². The van der Waals surface area contributed by atoms with Crippen molar-refractivity contribution in [2.75, 3.05) is 18.0 Å². The highest BCUT2D eigenvalue weighted by molar-refractivity contribution is 6.30. The Hall–Kier alpha value is -3.72. The monoisotopic (exact) mass is 556 g/mol. The van der Waals surface area contributed by atoms with E-state index >= 15 is 0 Å². The number of nitrogens with one attached hydrogen (secondary N) is 1. The van der Waals surface area contributed by atoms with E-state index in [2.05, 4.69) is 19.9 Å². The number of benzene rings is 2. The first-order valence-corrected chi connectivity index (χ1v) is 13.2. The second-order valence-electron chi connectivity index (χ2n) is 9.53. The third-order valence-electron chi connectivity index (χ3n) is 7.05. The van der Waals surface area contributed by atoms with Gasteiger partial charge in [-0.3, -0.25) is 9.20 Å². The van der Waals surface area contributed by atoms with Gasteiger partial charge in [-0.1, -0.05) is 48.9 Å². The Kier molecular flexibility index (Phi) is 7.70. The van der Waals surface area contributed by atoms with Gasteiger partial charge in [0.25, 0.3) is 5.91 Å². The molecule has 10 heteroatoms. The molecule has 6 nitrogen and oxygen atoms in total. The van der Waals surface area contributed by atoms with Crippen LogP contribution in [-0.4, -0.2) is 34.7 Å². The highest BCUT2D eigenvalue weighted by Gasteiger charge is 2.31. The van der Waals surface area contributed by atoms with Crippen LogP contribution in [-0.2, 0) is 13.0 Å². The van der Waals surface area contributed by atoms with Gasteiger partial charge in [-0.05, 0) is 72.7 Å². The molecule has 5 rings (SSSR count). The number of aromatic nitrogens is 2. The molecule has 0 bridgehead atoms. The Morgan fingerprint density at radius 1 is 1.05 bits per heavy atom. The normalized spacial score (nSPS) is 14.5. The van der Waals surface area contributed by atoms with Gasteiger partial charge in [0, 0.05) is 25.3 Å². The van der Waals surface area contributed by atoms with Gasteiger partial charge in [0.15, 0.2) is 0 Å². The van der Waals surface area contributed by atoms with E-state index in [-0.39, 0.29) is 17.6 Å². The Bertz CT molecular complexity index is 1440. The van der Waals surface area contributed by atoms with Crippen LogP contribution in [0.3, 0.4) is 0 Å². The molecule has 1 fully saturated rings. The summed E-state index contributed by atoms with van der Waals surface area (Å²) in [5.74, 6) is -0.137. The quantitative estimate of drug-likeness (QED) is 0.255. The smallest absolute Gasteiger partial charge is 0.406 e. The highest BCUT2D eigenvalue weighted by Crippen LogP contribution is 2.32. The number of aryl methyl sites for hydroxylation is 1. The lowest BCUT2D eigenvalue weighted by atomic mass is 9.89. The molecule has 1 saturated heterocycles. The number of piperidine rings is 1. The number of ether oxygens (including phenoxy) is 1. The van der Waals surface area contributed by atoms with Crippen molar-refractivity contribution in [1.82, 2.24) is 14.7 Å². The number of anilines is 1. The number of hydrogen-bond acceptors (Lipinski definition) is 4. The molecule has 1 aliphatic heterocycles. The van der Waals surface area contributed by atoms with Crippen molar-refractivity contribution in [3.63, 3.8) is 0 Å². The maximum atomic E-state index is 13.1. The number of imidazole rings is 1. The van der Waals surface area contributed by atoms with E-state index in [9.17, 15) is 18.0 Å². The minimum absolute atomic E-state index is 0.201. The van der Waals surface area contributed by atoms with E-state index in [1.165, 1.54) is 12.1 Å². The number of rotatable bonds is 7. The minimum Gasteiger partial charge on any atom is -0.406 e. The van der Waals surface area contributed by atoms with Crippen molar-refractivity contribution in [2.45, 2.75) is 45.0 Å². The lowest BCUT2D eigenvalue weighted by Crippen LogP contribution is -2.32. The summed E-state index contributed by atoms with van der Waals surface area (Å²) in [4.78, 5) is 19.9. The predicted molar refractivity (Wildman–Crippen MR) is 145 cm³/mol. The number of hydrogen-bond donors (Lipinski definition) is 1. The summed E-state index contributed by atoms with van der Waals surface area (Å²) in [6.07, 6.45) is -2.27. The number of fused-ring (bicyclic) bond motifs is 1. The minimum atomic E-state index is -4.68. The zero-order valence-electron chi connectivity index (χ0n) is 21.3. The van der Waals surface area contributed by atoms with Gasteiger partial charge < -0.3 is 15.0 Å². The lowest BCUT2D eigenvalue weighted by molar-refractivity contribution is -0.274. The lowest BCUT2D eigenvalue weighted by Gasteiger charge is -2.34. The summed E-state index contributed by atoms with van der Waals surface area (Å²) in [5.41, 5.74) is 4.89. The second-order valence-corrected chi connectivity index (χ2v) is 9.92. The summed E-state index contributed by atoms with van der Waals surface area (Å²) >= 11 is 6.35. The molecule has 2 aromatic carbocycles. The molecule has 0 aliphatic carbocycles. The molecule has 0 saturated carbocycles. The number of carbonyl (C=O) groups is 1.